The summed E-state index contributed by atoms with van der Waals surface area (Å²) < 4.78 is 1.70. The summed E-state index contributed by atoms with van der Waals surface area (Å²) in [6.07, 6.45) is 2.63. The topological polar surface area (TPSA) is 73.4 Å². The summed E-state index contributed by atoms with van der Waals surface area (Å²) in [6.45, 7) is 3.59. The summed E-state index contributed by atoms with van der Waals surface area (Å²) in [5.41, 5.74) is 2.50. The fourth-order valence-electron chi connectivity index (χ4n) is 3.12. The highest BCUT2D eigenvalue weighted by Crippen LogP contribution is 2.22. The van der Waals surface area contributed by atoms with Crippen molar-refractivity contribution in [3.05, 3.63) is 48.3 Å². The third-order valence-electron chi connectivity index (χ3n) is 4.33. The number of hydrogen-bond acceptors (Lipinski definition) is 6. The number of nitriles is 1. The molecule has 1 aromatic carbocycles. The number of aromatic nitrogens is 4. The number of anilines is 2. The molecular formula is C17H17N7. The Kier molecular flexibility index (Phi) is 3.71. The van der Waals surface area contributed by atoms with Gasteiger partial charge in [-0.25, -0.2) is 0 Å². The highest BCUT2D eigenvalue weighted by molar-refractivity contribution is 5.59. The molecule has 3 heterocycles. The van der Waals surface area contributed by atoms with Crippen molar-refractivity contribution in [1.82, 2.24) is 19.8 Å². The lowest BCUT2D eigenvalue weighted by Crippen LogP contribution is -2.31. The standard InChI is InChI=1S/C17H17N7/c18-12-14-4-1-2-5-15(14)22-8-3-9-23(11-10-22)17-7-6-16-20-19-13-24(16)21-17/h1-2,4-7,13H,3,8-11H2. The van der Waals surface area contributed by atoms with Crippen molar-refractivity contribution in [3.8, 4) is 6.07 Å². The second kappa shape index (κ2) is 6.16. The Balaban J connectivity index is 1.55. The molecular weight excluding hydrogens is 302 g/mol. The summed E-state index contributed by atoms with van der Waals surface area (Å²) in [5.74, 6) is 0.928. The number of hydrogen-bond donors (Lipinski definition) is 0. The molecule has 7 heteroatoms. The molecule has 2 aromatic heterocycles. The van der Waals surface area contributed by atoms with E-state index in [-0.39, 0.29) is 0 Å². The van der Waals surface area contributed by atoms with E-state index in [1.165, 1.54) is 0 Å². The van der Waals surface area contributed by atoms with E-state index in [9.17, 15) is 5.26 Å². The first-order valence-corrected chi connectivity index (χ1v) is 8.01. The molecule has 0 atom stereocenters. The van der Waals surface area contributed by atoms with Crippen molar-refractivity contribution in [2.24, 2.45) is 0 Å². The molecule has 3 aromatic rings. The lowest BCUT2D eigenvalue weighted by Gasteiger charge is -2.24. The van der Waals surface area contributed by atoms with Gasteiger partial charge in [-0.3, -0.25) is 0 Å². The molecule has 0 N–H and O–H groups in total. The Morgan fingerprint density at radius 2 is 1.79 bits per heavy atom. The van der Waals surface area contributed by atoms with E-state index >= 15 is 0 Å². The molecule has 0 unspecified atom stereocenters. The van der Waals surface area contributed by atoms with Gasteiger partial charge in [0.2, 0.25) is 0 Å². The van der Waals surface area contributed by atoms with Crippen LogP contribution in [0, 0.1) is 11.3 Å². The van der Waals surface area contributed by atoms with Crippen molar-refractivity contribution in [1.29, 1.82) is 5.26 Å². The van der Waals surface area contributed by atoms with Gasteiger partial charge in [0.15, 0.2) is 5.65 Å². The first kappa shape index (κ1) is 14.5. The maximum absolute atomic E-state index is 9.32. The fraction of sp³-hybridized carbons (Fsp3) is 0.294. The molecule has 0 amide bonds. The van der Waals surface area contributed by atoms with Gasteiger partial charge >= 0.3 is 0 Å². The smallest absolute Gasteiger partial charge is 0.177 e. The molecule has 1 aliphatic heterocycles. The predicted molar refractivity (Wildman–Crippen MR) is 91.0 cm³/mol. The third-order valence-corrected chi connectivity index (χ3v) is 4.33. The molecule has 0 bridgehead atoms. The second-order valence-electron chi connectivity index (χ2n) is 5.78. The van der Waals surface area contributed by atoms with Crippen LogP contribution in [-0.2, 0) is 0 Å². The number of fused-ring (bicyclic) bond motifs is 1. The van der Waals surface area contributed by atoms with E-state index < -0.39 is 0 Å². The van der Waals surface area contributed by atoms with Crippen LogP contribution in [0.2, 0.25) is 0 Å². The molecule has 24 heavy (non-hydrogen) atoms. The largest absolute Gasteiger partial charge is 0.369 e. The second-order valence-corrected chi connectivity index (χ2v) is 5.78. The number of benzene rings is 1. The quantitative estimate of drug-likeness (QED) is 0.716. The molecule has 1 saturated heterocycles. The van der Waals surface area contributed by atoms with Crippen LogP contribution >= 0.6 is 0 Å². The van der Waals surface area contributed by atoms with E-state index in [0.29, 0.717) is 0 Å². The molecule has 7 nitrogen and oxygen atoms in total. The minimum absolute atomic E-state index is 0.731. The van der Waals surface area contributed by atoms with Crippen LogP contribution in [0.4, 0.5) is 11.5 Å². The Labute approximate surface area is 139 Å². The number of rotatable bonds is 2. The SMILES string of the molecule is N#Cc1ccccc1N1CCCN(c2ccc3nncn3n2)CC1. The van der Waals surface area contributed by atoms with Gasteiger partial charge < -0.3 is 9.80 Å². The van der Waals surface area contributed by atoms with E-state index in [2.05, 4.69) is 31.2 Å². The van der Waals surface area contributed by atoms with Crippen molar-refractivity contribution in [3.63, 3.8) is 0 Å². The minimum atomic E-state index is 0.731. The Bertz CT molecular complexity index is 895. The first-order valence-electron chi connectivity index (χ1n) is 8.01. The predicted octanol–water partition coefficient (Wildman–Crippen LogP) is 1.71. The van der Waals surface area contributed by atoms with Gasteiger partial charge in [-0.1, -0.05) is 12.1 Å². The molecule has 0 aliphatic carbocycles. The zero-order valence-electron chi connectivity index (χ0n) is 13.2. The average Bonchev–Trinajstić information content (AvgIpc) is 2.96. The molecule has 1 fully saturated rings. The van der Waals surface area contributed by atoms with E-state index in [0.717, 1.165) is 55.3 Å². The molecule has 0 radical (unpaired) electrons. The molecule has 4 rings (SSSR count). The van der Waals surface area contributed by atoms with Crippen LogP contribution < -0.4 is 9.80 Å². The van der Waals surface area contributed by atoms with Crippen molar-refractivity contribution >= 4 is 17.2 Å². The van der Waals surface area contributed by atoms with Crippen LogP contribution in [0.5, 0.6) is 0 Å². The number of para-hydroxylation sites is 1. The van der Waals surface area contributed by atoms with Gasteiger partial charge in [0.05, 0.1) is 11.3 Å². The summed E-state index contributed by atoms with van der Waals surface area (Å²) in [4.78, 5) is 4.56. The molecule has 0 saturated carbocycles. The van der Waals surface area contributed by atoms with Crippen molar-refractivity contribution in [2.75, 3.05) is 36.0 Å². The summed E-state index contributed by atoms with van der Waals surface area (Å²) in [6, 6.07) is 14.0. The molecule has 0 spiro atoms. The van der Waals surface area contributed by atoms with Gasteiger partial charge in [-0.2, -0.15) is 9.78 Å². The normalized spacial score (nSPS) is 15.3. The monoisotopic (exact) mass is 319 g/mol. The minimum Gasteiger partial charge on any atom is -0.369 e. The first-order chi connectivity index (χ1) is 11.8. The van der Waals surface area contributed by atoms with E-state index in [4.69, 9.17) is 0 Å². The van der Waals surface area contributed by atoms with E-state index in [1.807, 2.05) is 36.4 Å². The highest BCUT2D eigenvalue weighted by atomic mass is 15.4. The summed E-state index contributed by atoms with van der Waals surface area (Å²) in [5, 5.41) is 21.8. The lowest BCUT2D eigenvalue weighted by molar-refractivity contribution is 0.776. The maximum Gasteiger partial charge on any atom is 0.177 e. The zero-order valence-corrected chi connectivity index (χ0v) is 13.2. The molecule has 120 valence electrons. The summed E-state index contributed by atoms with van der Waals surface area (Å²) >= 11 is 0. The molecule has 1 aliphatic rings. The maximum atomic E-state index is 9.32. The Morgan fingerprint density at radius 1 is 0.958 bits per heavy atom. The van der Waals surface area contributed by atoms with Gasteiger partial charge in [-0.05, 0) is 30.7 Å². The van der Waals surface area contributed by atoms with Crippen LogP contribution in [0.1, 0.15) is 12.0 Å². The van der Waals surface area contributed by atoms with E-state index in [1.54, 1.807) is 10.8 Å². The van der Waals surface area contributed by atoms with Crippen LogP contribution in [0.25, 0.3) is 5.65 Å². The third kappa shape index (κ3) is 2.63. The van der Waals surface area contributed by atoms with Crippen LogP contribution in [0.3, 0.4) is 0 Å². The lowest BCUT2D eigenvalue weighted by atomic mass is 10.1. The van der Waals surface area contributed by atoms with Crippen LogP contribution in [0.15, 0.2) is 42.7 Å². The van der Waals surface area contributed by atoms with Crippen molar-refractivity contribution < 1.29 is 0 Å². The van der Waals surface area contributed by atoms with Gasteiger partial charge in [0.1, 0.15) is 18.2 Å². The fourth-order valence-corrected chi connectivity index (χ4v) is 3.12. The van der Waals surface area contributed by atoms with Gasteiger partial charge in [0.25, 0.3) is 0 Å². The van der Waals surface area contributed by atoms with Crippen molar-refractivity contribution in [2.45, 2.75) is 6.42 Å². The summed E-state index contributed by atoms with van der Waals surface area (Å²) in [7, 11) is 0. The average molecular weight is 319 g/mol. The zero-order chi connectivity index (χ0) is 16.4. The van der Waals surface area contributed by atoms with Crippen LogP contribution in [-0.4, -0.2) is 46.0 Å². The van der Waals surface area contributed by atoms with Gasteiger partial charge in [-0.15, -0.1) is 15.3 Å². The Morgan fingerprint density at radius 3 is 2.71 bits per heavy atom. The Hall–Kier alpha value is -3.14. The van der Waals surface area contributed by atoms with Gasteiger partial charge in [0, 0.05) is 26.2 Å². The highest BCUT2D eigenvalue weighted by Gasteiger charge is 2.18. The number of nitrogens with zero attached hydrogens (tertiary/aromatic N) is 7.